The topological polar surface area (TPSA) is 60.0 Å². The number of fused-ring (bicyclic) bond motifs is 1. The zero-order valence-corrected chi connectivity index (χ0v) is 13.6. The van der Waals surface area contributed by atoms with Crippen LogP contribution in [0.5, 0.6) is 0 Å². The van der Waals surface area contributed by atoms with E-state index in [2.05, 4.69) is 41.3 Å². The number of nitrogens with one attached hydrogen (secondary N) is 1. The van der Waals surface area contributed by atoms with E-state index in [1.54, 1.807) is 11.3 Å². The third kappa shape index (κ3) is 3.07. The maximum Gasteiger partial charge on any atom is 0.214 e. The molecular weight excluding hydrogens is 284 g/mol. The predicted octanol–water partition coefficient (Wildman–Crippen LogP) is 2.71. The summed E-state index contributed by atoms with van der Waals surface area (Å²) >= 11 is 1.57. The lowest BCUT2D eigenvalue weighted by Gasteiger charge is -2.13. The van der Waals surface area contributed by atoms with Gasteiger partial charge in [0.25, 0.3) is 0 Å². The van der Waals surface area contributed by atoms with E-state index in [1.165, 1.54) is 5.56 Å². The Morgan fingerprint density at radius 2 is 2.10 bits per heavy atom. The Kier molecular flexibility index (Phi) is 3.44. The monoisotopic (exact) mass is 304 g/mol. The van der Waals surface area contributed by atoms with Crippen LogP contribution >= 0.6 is 11.3 Å². The number of aromatic nitrogens is 5. The number of nitrogens with zero attached hydrogens (tertiary/aromatic N) is 5. The summed E-state index contributed by atoms with van der Waals surface area (Å²) in [5.74, 6) is 0. The summed E-state index contributed by atoms with van der Waals surface area (Å²) in [6.45, 7) is 10.1. The lowest BCUT2D eigenvalue weighted by molar-refractivity contribution is 0.572. The average molecular weight is 304 g/mol. The summed E-state index contributed by atoms with van der Waals surface area (Å²) in [5, 5.41) is 13.0. The van der Waals surface area contributed by atoms with Crippen molar-refractivity contribution < 1.29 is 0 Å². The molecule has 0 aromatic carbocycles. The third-order valence-electron chi connectivity index (χ3n) is 3.19. The van der Waals surface area contributed by atoms with E-state index in [9.17, 15) is 0 Å². The van der Waals surface area contributed by atoms with Crippen LogP contribution in [0, 0.1) is 6.92 Å². The Labute approximate surface area is 127 Å². The van der Waals surface area contributed by atoms with Gasteiger partial charge in [-0.25, -0.2) is 9.50 Å². The van der Waals surface area contributed by atoms with Crippen LogP contribution in [-0.2, 0) is 12.0 Å². The standard InChI is InChI=1S/C14H20N6S/c1-10-7-16-19(8-10)6-5-15-12-18-20-9-11(14(2,3)4)17-13(20)21-12/h7-9H,5-6H2,1-4H3,(H,15,18). The molecule has 0 unspecified atom stereocenters. The fraction of sp³-hybridized carbons (Fsp3) is 0.500. The van der Waals surface area contributed by atoms with Crippen LogP contribution in [0.25, 0.3) is 4.96 Å². The summed E-state index contributed by atoms with van der Waals surface area (Å²) < 4.78 is 3.78. The lowest BCUT2D eigenvalue weighted by Crippen LogP contribution is -2.12. The summed E-state index contributed by atoms with van der Waals surface area (Å²) in [7, 11) is 0. The molecule has 0 bridgehead atoms. The summed E-state index contributed by atoms with van der Waals surface area (Å²) in [4.78, 5) is 5.56. The molecular formula is C14H20N6S. The van der Waals surface area contributed by atoms with Crippen molar-refractivity contribution in [1.29, 1.82) is 0 Å². The van der Waals surface area contributed by atoms with Crippen LogP contribution in [0.1, 0.15) is 32.0 Å². The zero-order chi connectivity index (χ0) is 15.0. The number of hydrogen-bond donors (Lipinski definition) is 1. The molecule has 0 aliphatic rings. The van der Waals surface area contributed by atoms with Gasteiger partial charge in [0.2, 0.25) is 10.1 Å². The van der Waals surface area contributed by atoms with Crippen molar-refractivity contribution in [1.82, 2.24) is 24.4 Å². The predicted molar refractivity (Wildman–Crippen MR) is 85.0 cm³/mol. The molecule has 0 radical (unpaired) electrons. The van der Waals surface area contributed by atoms with E-state index < -0.39 is 0 Å². The summed E-state index contributed by atoms with van der Waals surface area (Å²) in [6, 6.07) is 0. The van der Waals surface area contributed by atoms with Gasteiger partial charge in [0.05, 0.1) is 24.6 Å². The van der Waals surface area contributed by atoms with Gasteiger partial charge in [-0.1, -0.05) is 32.1 Å². The third-order valence-corrected chi connectivity index (χ3v) is 4.07. The number of hydrogen-bond acceptors (Lipinski definition) is 5. The van der Waals surface area contributed by atoms with Gasteiger partial charge in [0, 0.05) is 18.2 Å². The van der Waals surface area contributed by atoms with Crippen LogP contribution < -0.4 is 5.32 Å². The zero-order valence-electron chi connectivity index (χ0n) is 12.8. The first kappa shape index (κ1) is 14.1. The maximum atomic E-state index is 4.64. The van der Waals surface area contributed by atoms with Crippen molar-refractivity contribution in [3.63, 3.8) is 0 Å². The van der Waals surface area contributed by atoms with Crippen molar-refractivity contribution >= 4 is 21.4 Å². The van der Waals surface area contributed by atoms with Gasteiger partial charge in [-0.3, -0.25) is 4.68 Å². The molecule has 0 spiro atoms. The molecule has 6 nitrogen and oxygen atoms in total. The molecule has 0 aliphatic heterocycles. The SMILES string of the molecule is Cc1cnn(CCNc2nn3cc(C(C)(C)C)nc3s2)c1. The Hall–Kier alpha value is -1.89. The minimum Gasteiger partial charge on any atom is -0.358 e. The van der Waals surface area contributed by atoms with Gasteiger partial charge in [0.1, 0.15) is 0 Å². The minimum absolute atomic E-state index is 0.0545. The molecule has 0 atom stereocenters. The fourth-order valence-corrected chi connectivity index (χ4v) is 2.81. The van der Waals surface area contributed by atoms with Gasteiger partial charge in [-0.2, -0.15) is 5.10 Å². The van der Waals surface area contributed by atoms with Gasteiger partial charge in [-0.05, 0) is 12.5 Å². The number of anilines is 1. The van der Waals surface area contributed by atoms with Crippen molar-refractivity contribution in [3.05, 3.63) is 29.8 Å². The second-order valence-electron chi connectivity index (χ2n) is 6.22. The van der Waals surface area contributed by atoms with Gasteiger partial charge in [0.15, 0.2) is 0 Å². The Morgan fingerprint density at radius 3 is 2.71 bits per heavy atom. The van der Waals surface area contributed by atoms with Crippen molar-refractivity contribution in [2.24, 2.45) is 0 Å². The highest BCUT2D eigenvalue weighted by Gasteiger charge is 2.19. The molecule has 0 saturated heterocycles. The van der Waals surface area contributed by atoms with E-state index in [1.807, 2.05) is 34.7 Å². The van der Waals surface area contributed by atoms with Crippen LogP contribution in [0.3, 0.4) is 0 Å². The van der Waals surface area contributed by atoms with Crippen molar-refractivity contribution in [2.45, 2.75) is 39.7 Å². The van der Waals surface area contributed by atoms with Crippen LogP contribution in [0.2, 0.25) is 0 Å². The molecule has 3 aromatic rings. The Morgan fingerprint density at radius 1 is 1.29 bits per heavy atom. The molecule has 3 rings (SSSR count). The quantitative estimate of drug-likeness (QED) is 0.805. The molecule has 3 heterocycles. The largest absolute Gasteiger partial charge is 0.358 e. The first-order chi connectivity index (χ1) is 9.91. The van der Waals surface area contributed by atoms with Gasteiger partial charge in [-0.15, -0.1) is 5.10 Å². The maximum absolute atomic E-state index is 4.64. The van der Waals surface area contributed by atoms with Gasteiger partial charge >= 0.3 is 0 Å². The van der Waals surface area contributed by atoms with Crippen molar-refractivity contribution in [2.75, 3.05) is 11.9 Å². The summed E-state index contributed by atoms with van der Waals surface area (Å²) in [5.41, 5.74) is 2.30. The molecule has 3 aromatic heterocycles. The van der Waals surface area contributed by atoms with E-state index in [0.29, 0.717) is 0 Å². The van der Waals surface area contributed by atoms with E-state index in [4.69, 9.17) is 0 Å². The van der Waals surface area contributed by atoms with E-state index >= 15 is 0 Å². The highest BCUT2D eigenvalue weighted by atomic mass is 32.1. The molecule has 0 saturated carbocycles. The highest BCUT2D eigenvalue weighted by Crippen LogP contribution is 2.25. The van der Waals surface area contributed by atoms with Crippen LogP contribution in [0.15, 0.2) is 18.6 Å². The number of rotatable bonds is 4. The second-order valence-corrected chi connectivity index (χ2v) is 7.17. The number of aryl methyl sites for hydroxylation is 1. The number of imidazole rings is 1. The average Bonchev–Trinajstić information content (AvgIpc) is 3.02. The molecule has 0 aliphatic carbocycles. The normalized spacial score (nSPS) is 12.2. The van der Waals surface area contributed by atoms with Gasteiger partial charge < -0.3 is 5.32 Å². The lowest BCUT2D eigenvalue weighted by atomic mass is 9.93. The molecule has 0 fully saturated rings. The first-order valence-corrected chi connectivity index (χ1v) is 7.83. The molecule has 7 heteroatoms. The van der Waals surface area contributed by atoms with Crippen molar-refractivity contribution in [3.8, 4) is 0 Å². The van der Waals surface area contributed by atoms with Crippen LogP contribution in [-0.4, -0.2) is 30.9 Å². The molecule has 21 heavy (non-hydrogen) atoms. The highest BCUT2D eigenvalue weighted by molar-refractivity contribution is 7.20. The van der Waals surface area contributed by atoms with E-state index in [-0.39, 0.29) is 5.41 Å². The minimum atomic E-state index is 0.0545. The van der Waals surface area contributed by atoms with Crippen LogP contribution in [0.4, 0.5) is 5.13 Å². The Balaban J connectivity index is 1.64. The smallest absolute Gasteiger partial charge is 0.214 e. The summed E-state index contributed by atoms with van der Waals surface area (Å²) in [6.07, 6.45) is 5.91. The Bertz CT molecular complexity index is 714. The fourth-order valence-electron chi connectivity index (χ4n) is 2.00. The molecule has 0 amide bonds. The molecule has 112 valence electrons. The first-order valence-electron chi connectivity index (χ1n) is 7.01. The van der Waals surface area contributed by atoms with E-state index in [0.717, 1.165) is 28.9 Å². The second kappa shape index (κ2) is 5.14. The molecule has 1 N–H and O–H groups in total.